The molecule has 2 rings (SSSR count). The molecule has 0 saturated carbocycles. The van der Waals surface area contributed by atoms with Gasteiger partial charge in [0.05, 0.1) is 13.1 Å². The van der Waals surface area contributed by atoms with Crippen molar-refractivity contribution in [3.05, 3.63) is 34.6 Å². The van der Waals surface area contributed by atoms with E-state index in [4.69, 9.17) is 11.6 Å². The first-order valence-electron chi connectivity index (χ1n) is 6.63. The summed E-state index contributed by atoms with van der Waals surface area (Å²) in [6.45, 7) is 1.61. The summed E-state index contributed by atoms with van der Waals surface area (Å²) in [7, 11) is 1.59. The molecule has 1 aromatic carbocycles. The molecule has 1 aromatic rings. The molecule has 0 aromatic heterocycles. The van der Waals surface area contributed by atoms with Crippen molar-refractivity contribution in [2.24, 2.45) is 0 Å². The number of nitrogens with zero attached hydrogens (tertiary/aromatic N) is 2. The average Bonchev–Trinajstić information content (AvgIpc) is 2.43. The van der Waals surface area contributed by atoms with Crippen LogP contribution in [0, 0.1) is 5.82 Å². The van der Waals surface area contributed by atoms with Gasteiger partial charge in [-0.25, -0.2) is 4.39 Å². The highest BCUT2D eigenvalue weighted by molar-refractivity contribution is 6.31. The standard InChI is InChI=1S/C14H17ClFN3O2/c1-18(7-10-11(15)3-2-4-12(10)16)14(21)9-19-6-5-17-13(20)8-19/h2-4H,5-9H2,1H3,(H,17,20). The molecule has 5 nitrogen and oxygen atoms in total. The van der Waals surface area contributed by atoms with Crippen molar-refractivity contribution in [3.8, 4) is 0 Å². The van der Waals surface area contributed by atoms with Crippen molar-refractivity contribution >= 4 is 23.4 Å². The number of benzene rings is 1. The average molecular weight is 314 g/mol. The zero-order valence-electron chi connectivity index (χ0n) is 11.7. The first kappa shape index (κ1) is 15.7. The van der Waals surface area contributed by atoms with Gasteiger partial charge >= 0.3 is 0 Å². The number of nitrogens with one attached hydrogen (secondary N) is 1. The van der Waals surface area contributed by atoms with Crippen molar-refractivity contribution in [2.45, 2.75) is 6.54 Å². The van der Waals surface area contributed by atoms with Crippen LogP contribution in [0.25, 0.3) is 0 Å². The van der Waals surface area contributed by atoms with Crippen LogP contribution in [0.1, 0.15) is 5.56 Å². The molecule has 1 aliphatic rings. The number of halogens is 2. The lowest BCUT2D eigenvalue weighted by molar-refractivity contribution is -0.133. The van der Waals surface area contributed by atoms with Gasteiger partial charge in [0.15, 0.2) is 0 Å². The van der Waals surface area contributed by atoms with Gasteiger partial charge in [-0.15, -0.1) is 0 Å². The fraction of sp³-hybridized carbons (Fsp3) is 0.429. The van der Waals surface area contributed by atoms with E-state index >= 15 is 0 Å². The molecule has 0 bridgehead atoms. The number of hydrogen-bond donors (Lipinski definition) is 1. The molecule has 1 heterocycles. The molecule has 1 aliphatic heterocycles. The van der Waals surface area contributed by atoms with E-state index in [9.17, 15) is 14.0 Å². The number of rotatable bonds is 4. The summed E-state index contributed by atoms with van der Waals surface area (Å²) in [6.07, 6.45) is 0. The number of piperazine rings is 1. The van der Waals surface area contributed by atoms with E-state index in [0.717, 1.165) is 0 Å². The second-order valence-corrected chi connectivity index (χ2v) is 5.42. The van der Waals surface area contributed by atoms with Crippen molar-refractivity contribution in [1.29, 1.82) is 0 Å². The SMILES string of the molecule is CN(Cc1c(F)cccc1Cl)C(=O)CN1CCNC(=O)C1. The van der Waals surface area contributed by atoms with Gasteiger partial charge in [-0.1, -0.05) is 17.7 Å². The van der Waals surface area contributed by atoms with Crippen LogP contribution in [0.5, 0.6) is 0 Å². The minimum Gasteiger partial charge on any atom is -0.354 e. The van der Waals surface area contributed by atoms with Crippen LogP contribution in [0.3, 0.4) is 0 Å². The second-order valence-electron chi connectivity index (χ2n) is 5.01. The van der Waals surface area contributed by atoms with Gasteiger partial charge in [-0.05, 0) is 12.1 Å². The lowest BCUT2D eigenvalue weighted by Crippen LogP contribution is -2.50. The Hall–Kier alpha value is -1.66. The Morgan fingerprint density at radius 3 is 2.95 bits per heavy atom. The zero-order valence-corrected chi connectivity index (χ0v) is 12.5. The smallest absolute Gasteiger partial charge is 0.236 e. The molecule has 0 unspecified atom stereocenters. The predicted octanol–water partition coefficient (Wildman–Crippen LogP) is 0.869. The quantitative estimate of drug-likeness (QED) is 0.897. The molecule has 0 spiro atoms. The molecule has 2 amide bonds. The number of carbonyl (C=O) groups is 2. The fourth-order valence-electron chi connectivity index (χ4n) is 2.15. The summed E-state index contributed by atoms with van der Waals surface area (Å²) in [4.78, 5) is 26.6. The Balaban J connectivity index is 1.95. The van der Waals surface area contributed by atoms with E-state index in [1.807, 2.05) is 0 Å². The molecule has 1 N–H and O–H groups in total. The van der Waals surface area contributed by atoms with Crippen molar-refractivity contribution in [2.75, 3.05) is 33.2 Å². The largest absolute Gasteiger partial charge is 0.354 e. The second kappa shape index (κ2) is 6.87. The number of carbonyl (C=O) groups excluding carboxylic acids is 2. The van der Waals surface area contributed by atoms with Gasteiger partial charge in [0.1, 0.15) is 5.82 Å². The van der Waals surface area contributed by atoms with Crippen LogP contribution < -0.4 is 5.32 Å². The third-order valence-corrected chi connectivity index (χ3v) is 3.71. The minimum atomic E-state index is -0.431. The fourth-order valence-corrected chi connectivity index (χ4v) is 2.37. The maximum Gasteiger partial charge on any atom is 0.236 e. The predicted molar refractivity (Wildman–Crippen MR) is 77.3 cm³/mol. The van der Waals surface area contributed by atoms with Crippen LogP contribution in [0.15, 0.2) is 18.2 Å². The normalized spacial score (nSPS) is 15.7. The maximum absolute atomic E-state index is 13.7. The van der Waals surface area contributed by atoms with Gasteiger partial charge < -0.3 is 10.2 Å². The van der Waals surface area contributed by atoms with Crippen molar-refractivity contribution in [3.63, 3.8) is 0 Å². The molecule has 114 valence electrons. The Morgan fingerprint density at radius 1 is 1.52 bits per heavy atom. The van der Waals surface area contributed by atoms with E-state index in [1.165, 1.54) is 17.0 Å². The summed E-state index contributed by atoms with van der Waals surface area (Å²) in [5, 5.41) is 2.99. The van der Waals surface area contributed by atoms with Gasteiger partial charge in [0, 0.05) is 37.3 Å². The van der Waals surface area contributed by atoms with E-state index in [2.05, 4.69) is 5.32 Å². The molecule has 7 heteroatoms. The molecule has 0 radical (unpaired) electrons. The lowest BCUT2D eigenvalue weighted by Gasteiger charge is -2.28. The number of hydrogen-bond acceptors (Lipinski definition) is 3. The summed E-state index contributed by atoms with van der Waals surface area (Å²) >= 11 is 5.95. The van der Waals surface area contributed by atoms with Crippen molar-refractivity contribution < 1.29 is 14.0 Å². The monoisotopic (exact) mass is 313 g/mol. The topological polar surface area (TPSA) is 52.7 Å². The first-order chi connectivity index (χ1) is 9.97. The zero-order chi connectivity index (χ0) is 15.4. The third kappa shape index (κ3) is 4.15. The summed E-state index contributed by atoms with van der Waals surface area (Å²) < 4.78 is 13.7. The van der Waals surface area contributed by atoms with Crippen LogP contribution in [0.2, 0.25) is 5.02 Å². The van der Waals surface area contributed by atoms with Gasteiger partial charge in [0.25, 0.3) is 0 Å². The third-order valence-electron chi connectivity index (χ3n) is 3.36. The van der Waals surface area contributed by atoms with Crippen LogP contribution in [0.4, 0.5) is 4.39 Å². The van der Waals surface area contributed by atoms with E-state index < -0.39 is 5.82 Å². The Labute approximate surface area is 127 Å². The Bertz CT molecular complexity index is 533. The number of likely N-dealkylation sites (N-methyl/N-ethyl adjacent to an activating group) is 1. The van der Waals surface area contributed by atoms with E-state index in [1.54, 1.807) is 18.0 Å². The van der Waals surface area contributed by atoms with Gasteiger partial charge in [-0.3, -0.25) is 14.5 Å². The summed E-state index contributed by atoms with van der Waals surface area (Å²) in [6, 6.07) is 4.43. The molecule has 0 atom stereocenters. The summed E-state index contributed by atoms with van der Waals surface area (Å²) in [5.74, 6) is -0.697. The van der Waals surface area contributed by atoms with E-state index in [-0.39, 0.29) is 31.4 Å². The van der Waals surface area contributed by atoms with E-state index in [0.29, 0.717) is 23.7 Å². The Kier molecular flexibility index (Phi) is 5.14. The lowest BCUT2D eigenvalue weighted by atomic mass is 10.2. The molecule has 21 heavy (non-hydrogen) atoms. The molecule has 1 saturated heterocycles. The molecular formula is C14H17ClFN3O2. The minimum absolute atomic E-state index is 0.0890. The van der Waals surface area contributed by atoms with Crippen LogP contribution in [-0.4, -0.2) is 54.8 Å². The first-order valence-corrected chi connectivity index (χ1v) is 7.01. The highest BCUT2D eigenvalue weighted by Crippen LogP contribution is 2.20. The van der Waals surface area contributed by atoms with Crippen molar-refractivity contribution in [1.82, 2.24) is 15.1 Å². The summed E-state index contributed by atoms with van der Waals surface area (Å²) in [5.41, 5.74) is 0.298. The van der Waals surface area contributed by atoms with Crippen LogP contribution >= 0.6 is 11.6 Å². The highest BCUT2D eigenvalue weighted by Gasteiger charge is 2.21. The van der Waals surface area contributed by atoms with Gasteiger partial charge in [0.2, 0.25) is 11.8 Å². The van der Waals surface area contributed by atoms with Crippen LogP contribution in [-0.2, 0) is 16.1 Å². The Morgan fingerprint density at radius 2 is 2.29 bits per heavy atom. The highest BCUT2D eigenvalue weighted by atomic mass is 35.5. The maximum atomic E-state index is 13.7. The molecular weight excluding hydrogens is 297 g/mol. The number of amides is 2. The molecule has 1 fully saturated rings. The molecule has 0 aliphatic carbocycles. The van der Waals surface area contributed by atoms with Gasteiger partial charge in [-0.2, -0.15) is 0 Å².